The van der Waals surface area contributed by atoms with Crippen molar-refractivity contribution in [2.75, 3.05) is 6.54 Å². The predicted molar refractivity (Wildman–Crippen MR) is 57.7 cm³/mol. The highest BCUT2D eigenvalue weighted by atomic mass is 16.5. The zero-order valence-corrected chi connectivity index (χ0v) is 9.70. The molecular weight excluding hydrogens is 240 g/mol. The lowest BCUT2D eigenvalue weighted by Gasteiger charge is -2.00. The van der Waals surface area contributed by atoms with Crippen LogP contribution >= 0.6 is 0 Å². The van der Waals surface area contributed by atoms with Gasteiger partial charge >= 0.3 is 5.97 Å². The molecule has 0 unspecified atom stereocenters. The highest BCUT2D eigenvalue weighted by Gasteiger charge is 2.07. The van der Waals surface area contributed by atoms with E-state index in [0.29, 0.717) is 31.3 Å². The van der Waals surface area contributed by atoms with Crippen LogP contribution in [0, 0.1) is 6.92 Å². The number of aromatic nitrogens is 5. The van der Waals surface area contributed by atoms with Gasteiger partial charge in [-0.15, -0.1) is 5.10 Å². The van der Waals surface area contributed by atoms with E-state index >= 15 is 0 Å². The summed E-state index contributed by atoms with van der Waals surface area (Å²) in [5.41, 5.74) is -0.0659. The first-order chi connectivity index (χ1) is 8.65. The van der Waals surface area contributed by atoms with Gasteiger partial charge in [0.15, 0.2) is 11.5 Å². The molecule has 0 bridgehead atoms. The number of nitrogens with one attached hydrogen (secondary N) is 1. The second-order valence-electron chi connectivity index (χ2n) is 3.58. The van der Waals surface area contributed by atoms with E-state index in [4.69, 9.17) is 9.63 Å². The maximum absolute atomic E-state index is 10.6. The van der Waals surface area contributed by atoms with Gasteiger partial charge in [-0.05, 0) is 0 Å². The Hall–Kier alpha value is -2.29. The molecule has 96 valence electrons. The SMILES string of the molecule is Cc1nc(CNCCn2cc(C(=O)O)nn2)no1. The van der Waals surface area contributed by atoms with Crippen molar-refractivity contribution in [3.63, 3.8) is 0 Å². The third-order valence-electron chi connectivity index (χ3n) is 2.13. The second-order valence-corrected chi connectivity index (χ2v) is 3.58. The van der Waals surface area contributed by atoms with Crippen LogP contribution in [0.5, 0.6) is 0 Å². The highest BCUT2D eigenvalue weighted by molar-refractivity contribution is 5.84. The van der Waals surface area contributed by atoms with Gasteiger partial charge in [0.2, 0.25) is 5.89 Å². The smallest absolute Gasteiger partial charge is 0.358 e. The molecule has 2 N–H and O–H groups in total. The minimum absolute atomic E-state index is 0.0659. The first-order valence-corrected chi connectivity index (χ1v) is 5.28. The van der Waals surface area contributed by atoms with E-state index in [1.807, 2.05) is 0 Å². The van der Waals surface area contributed by atoms with Gasteiger partial charge in [-0.25, -0.2) is 4.79 Å². The molecule has 9 heteroatoms. The molecule has 9 nitrogen and oxygen atoms in total. The number of hydrogen-bond acceptors (Lipinski definition) is 7. The molecule has 0 aromatic carbocycles. The molecular formula is C9H12N6O3. The first-order valence-electron chi connectivity index (χ1n) is 5.28. The Kier molecular flexibility index (Phi) is 3.63. The maximum Gasteiger partial charge on any atom is 0.358 e. The summed E-state index contributed by atoms with van der Waals surface area (Å²) < 4.78 is 6.27. The van der Waals surface area contributed by atoms with Crippen molar-refractivity contribution >= 4 is 5.97 Å². The number of hydrogen-bond donors (Lipinski definition) is 2. The number of carboxylic acids is 1. The summed E-state index contributed by atoms with van der Waals surface area (Å²) in [7, 11) is 0. The Morgan fingerprint density at radius 1 is 1.61 bits per heavy atom. The Balaban J connectivity index is 1.73. The number of carbonyl (C=O) groups is 1. The van der Waals surface area contributed by atoms with Gasteiger partial charge < -0.3 is 14.9 Å². The topological polar surface area (TPSA) is 119 Å². The summed E-state index contributed by atoms with van der Waals surface area (Å²) in [6.45, 7) is 3.31. The number of nitrogens with zero attached hydrogens (tertiary/aromatic N) is 5. The molecule has 0 spiro atoms. The third-order valence-corrected chi connectivity index (χ3v) is 2.13. The standard InChI is InChI=1S/C9H12N6O3/c1-6-11-8(13-18-6)4-10-2-3-15-5-7(9(16)17)12-14-15/h5,10H,2-4H2,1H3,(H,16,17). The summed E-state index contributed by atoms with van der Waals surface area (Å²) in [6.07, 6.45) is 1.38. The zero-order chi connectivity index (χ0) is 13.0. The van der Waals surface area contributed by atoms with Crippen molar-refractivity contribution in [3.05, 3.63) is 23.6 Å². The number of rotatable bonds is 6. The van der Waals surface area contributed by atoms with Crippen LogP contribution < -0.4 is 5.32 Å². The number of carboxylic acid groups (broad SMARTS) is 1. The van der Waals surface area contributed by atoms with Gasteiger partial charge in [-0.3, -0.25) is 4.68 Å². The molecule has 0 fully saturated rings. The quantitative estimate of drug-likeness (QED) is 0.658. The summed E-state index contributed by atoms with van der Waals surface area (Å²) in [5, 5.41) is 22.7. The van der Waals surface area contributed by atoms with Gasteiger partial charge in [0.25, 0.3) is 0 Å². The van der Waals surface area contributed by atoms with Crippen LogP contribution in [-0.2, 0) is 13.1 Å². The van der Waals surface area contributed by atoms with Crippen LogP contribution in [0.2, 0.25) is 0 Å². The lowest BCUT2D eigenvalue weighted by Crippen LogP contribution is -2.20. The molecule has 0 atom stereocenters. The van der Waals surface area contributed by atoms with E-state index in [1.165, 1.54) is 10.9 Å². The molecule has 18 heavy (non-hydrogen) atoms. The second kappa shape index (κ2) is 5.36. The van der Waals surface area contributed by atoms with Crippen LogP contribution in [0.25, 0.3) is 0 Å². The fourth-order valence-electron chi connectivity index (χ4n) is 1.31. The average molecular weight is 252 g/mol. The summed E-state index contributed by atoms with van der Waals surface area (Å²) >= 11 is 0. The molecule has 0 aliphatic carbocycles. The van der Waals surface area contributed by atoms with E-state index in [-0.39, 0.29) is 5.69 Å². The predicted octanol–water partition coefficient (Wildman–Crippen LogP) is -0.542. The molecule has 0 aliphatic rings. The summed E-state index contributed by atoms with van der Waals surface area (Å²) in [5.74, 6) is 0.0166. The highest BCUT2D eigenvalue weighted by Crippen LogP contribution is 1.94. The normalized spacial score (nSPS) is 10.7. The minimum Gasteiger partial charge on any atom is -0.476 e. The fraction of sp³-hybridized carbons (Fsp3) is 0.444. The number of aromatic carboxylic acids is 1. The van der Waals surface area contributed by atoms with Crippen molar-refractivity contribution in [2.24, 2.45) is 0 Å². The van der Waals surface area contributed by atoms with Crippen LogP contribution in [0.15, 0.2) is 10.7 Å². The van der Waals surface area contributed by atoms with Crippen LogP contribution in [0.3, 0.4) is 0 Å². The molecule has 0 saturated carbocycles. The largest absolute Gasteiger partial charge is 0.476 e. The summed E-state index contributed by atoms with van der Waals surface area (Å²) in [6, 6.07) is 0. The van der Waals surface area contributed by atoms with Crippen molar-refractivity contribution in [1.29, 1.82) is 0 Å². The van der Waals surface area contributed by atoms with Gasteiger partial charge in [0, 0.05) is 13.5 Å². The van der Waals surface area contributed by atoms with E-state index < -0.39 is 5.97 Å². The lowest BCUT2D eigenvalue weighted by molar-refractivity contribution is 0.0690. The first kappa shape index (κ1) is 12.2. The van der Waals surface area contributed by atoms with E-state index in [0.717, 1.165) is 0 Å². The Bertz CT molecular complexity index is 534. The fourth-order valence-corrected chi connectivity index (χ4v) is 1.31. The van der Waals surface area contributed by atoms with Gasteiger partial charge in [0.1, 0.15) is 0 Å². The van der Waals surface area contributed by atoms with Gasteiger partial charge in [0.05, 0.1) is 19.3 Å². The minimum atomic E-state index is -1.09. The van der Waals surface area contributed by atoms with Crippen LogP contribution in [0.1, 0.15) is 22.2 Å². The third kappa shape index (κ3) is 3.10. The summed E-state index contributed by atoms with van der Waals surface area (Å²) in [4.78, 5) is 14.6. The molecule has 0 amide bonds. The molecule has 2 aromatic rings. The van der Waals surface area contributed by atoms with Gasteiger partial charge in [-0.1, -0.05) is 10.4 Å². The number of aryl methyl sites for hydroxylation is 1. The monoisotopic (exact) mass is 252 g/mol. The van der Waals surface area contributed by atoms with E-state index in [9.17, 15) is 4.79 Å². The molecule has 2 rings (SSSR count). The molecule has 0 aliphatic heterocycles. The van der Waals surface area contributed by atoms with E-state index in [1.54, 1.807) is 6.92 Å². The maximum atomic E-state index is 10.6. The Morgan fingerprint density at radius 2 is 2.44 bits per heavy atom. The molecule has 0 saturated heterocycles. The Labute approximate surface area is 102 Å². The van der Waals surface area contributed by atoms with Crippen molar-refractivity contribution in [2.45, 2.75) is 20.0 Å². The van der Waals surface area contributed by atoms with Crippen LogP contribution in [0.4, 0.5) is 0 Å². The van der Waals surface area contributed by atoms with Crippen LogP contribution in [-0.4, -0.2) is 42.8 Å². The van der Waals surface area contributed by atoms with Crippen molar-refractivity contribution in [3.8, 4) is 0 Å². The molecule has 2 heterocycles. The molecule has 2 aromatic heterocycles. The molecule has 0 radical (unpaired) electrons. The van der Waals surface area contributed by atoms with Crippen molar-refractivity contribution in [1.82, 2.24) is 30.5 Å². The lowest BCUT2D eigenvalue weighted by atomic mass is 10.5. The van der Waals surface area contributed by atoms with Gasteiger partial charge in [-0.2, -0.15) is 4.98 Å². The zero-order valence-electron chi connectivity index (χ0n) is 9.70. The average Bonchev–Trinajstić information content (AvgIpc) is 2.93. The van der Waals surface area contributed by atoms with E-state index in [2.05, 4.69) is 25.8 Å². The Morgan fingerprint density at radius 3 is 3.06 bits per heavy atom. The van der Waals surface area contributed by atoms with Crippen molar-refractivity contribution < 1.29 is 14.4 Å².